The Labute approximate surface area is 156 Å². The van der Waals surface area contributed by atoms with E-state index in [9.17, 15) is 13.2 Å². The number of nitrogens with zero attached hydrogens (tertiary/aromatic N) is 1. The first-order valence-corrected chi connectivity index (χ1v) is 10.2. The van der Waals surface area contributed by atoms with Crippen LogP contribution in [0.5, 0.6) is 5.75 Å². The van der Waals surface area contributed by atoms with E-state index in [0.717, 1.165) is 10.7 Å². The molecule has 0 bridgehead atoms. The summed E-state index contributed by atoms with van der Waals surface area (Å²) in [6, 6.07) is 13.8. The Balaban J connectivity index is 1.95. The molecule has 0 spiro atoms. The highest BCUT2D eigenvalue weighted by atomic mass is 79.9. The van der Waals surface area contributed by atoms with Crippen molar-refractivity contribution in [1.82, 2.24) is 0 Å². The molecule has 1 amide bonds. The third-order valence-electron chi connectivity index (χ3n) is 3.33. The smallest absolute Gasteiger partial charge is 0.262 e. The van der Waals surface area contributed by atoms with Crippen molar-refractivity contribution in [2.24, 2.45) is 0 Å². The topological polar surface area (TPSA) is 75.7 Å². The van der Waals surface area contributed by atoms with Crippen molar-refractivity contribution in [2.45, 2.75) is 6.92 Å². The molecule has 0 aliphatic rings. The number of hydrogen-bond donors (Lipinski definition) is 1. The number of halogens is 1. The highest BCUT2D eigenvalue weighted by Gasteiger charge is 2.15. The van der Waals surface area contributed by atoms with Crippen molar-refractivity contribution >= 4 is 43.2 Å². The van der Waals surface area contributed by atoms with Gasteiger partial charge in [0.2, 0.25) is 10.0 Å². The van der Waals surface area contributed by atoms with E-state index in [1.807, 2.05) is 18.2 Å². The summed E-state index contributed by atoms with van der Waals surface area (Å²) in [7, 11) is -3.32. The van der Waals surface area contributed by atoms with Gasteiger partial charge >= 0.3 is 0 Å². The lowest BCUT2D eigenvalue weighted by molar-refractivity contribution is -0.118. The molecule has 0 aliphatic carbocycles. The molecule has 2 aromatic rings. The van der Waals surface area contributed by atoms with Gasteiger partial charge in [0.05, 0.1) is 17.6 Å². The number of sulfonamides is 1. The van der Waals surface area contributed by atoms with E-state index in [4.69, 9.17) is 4.74 Å². The number of ether oxygens (including phenoxy) is 1. The van der Waals surface area contributed by atoms with E-state index in [0.29, 0.717) is 23.7 Å². The molecule has 25 heavy (non-hydrogen) atoms. The van der Waals surface area contributed by atoms with E-state index in [1.54, 1.807) is 37.3 Å². The van der Waals surface area contributed by atoms with Crippen LogP contribution in [0.1, 0.15) is 6.92 Å². The molecule has 0 saturated carbocycles. The summed E-state index contributed by atoms with van der Waals surface area (Å²) in [6.45, 7) is 1.95. The minimum atomic E-state index is -3.32. The van der Waals surface area contributed by atoms with Gasteiger partial charge in [0.25, 0.3) is 5.91 Å². The zero-order valence-electron chi connectivity index (χ0n) is 13.9. The predicted octanol–water partition coefficient (Wildman–Crippen LogP) is 3.25. The monoisotopic (exact) mass is 426 g/mol. The minimum Gasteiger partial charge on any atom is -0.484 e. The quantitative estimate of drug-likeness (QED) is 0.736. The lowest BCUT2D eigenvalue weighted by Crippen LogP contribution is -2.29. The van der Waals surface area contributed by atoms with E-state index < -0.39 is 10.0 Å². The summed E-state index contributed by atoms with van der Waals surface area (Å²) in [5, 5.41) is 2.74. The highest BCUT2D eigenvalue weighted by Crippen LogP contribution is 2.22. The van der Waals surface area contributed by atoms with E-state index in [2.05, 4.69) is 21.2 Å². The number of benzene rings is 2. The Kier molecular flexibility index (Phi) is 6.44. The van der Waals surface area contributed by atoms with Crippen molar-refractivity contribution in [3.63, 3.8) is 0 Å². The predicted molar refractivity (Wildman–Crippen MR) is 103 cm³/mol. The summed E-state index contributed by atoms with van der Waals surface area (Å²) in [5.74, 6) is 0.192. The SMILES string of the molecule is CCN(c1ccc(OCC(=O)Nc2ccccc2Br)cc1)S(C)(=O)=O. The second-order valence-electron chi connectivity index (χ2n) is 5.24. The molecule has 8 heteroatoms. The van der Waals surface area contributed by atoms with Crippen molar-refractivity contribution in [1.29, 1.82) is 0 Å². The third-order valence-corrected chi connectivity index (χ3v) is 5.29. The molecule has 134 valence electrons. The molecule has 0 atom stereocenters. The maximum atomic E-state index is 11.9. The fourth-order valence-corrected chi connectivity index (χ4v) is 3.57. The van der Waals surface area contributed by atoms with Crippen LogP contribution in [-0.4, -0.2) is 33.7 Å². The molecular weight excluding hydrogens is 408 g/mol. The third kappa shape index (κ3) is 5.47. The Morgan fingerprint density at radius 3 is 2.36 bits per heavy atom. The Bertz CT molecular complexity index is 838. The molecule has 0 fully saturated rings. The van der Waals surface area contributed by atoms with E-state index >= 15 is 0 Å². The molecular formula is C17H19BrN2O4S. The van der Waals surface area contributed by atoms with E-state index in [1.165, 1.54) is 4.31 Å². The van der Waals surface area contributed by atoms with Crippen molar-refractivity contribution in [3.05, 3.63) is 53.0 Å². The van der Waals surface area contributed by atoms with Gasteiger partial charge in [-0.1, -0.05) is 12.1 Å². The van der Waals surface area contributed by atoms with Crippen molar-refractivity contribution in [2.75, 3.05) is 29.0 Å². The van der Waals surface area contributed by atoms with E-state index in [-0.39, 0.29) is 12.5 Å². The van der Waals surface area contributed by atoms with Gasteiger partial charge in [0.15, 0.2) is 6.61 Å². The number of carbonyl (C=O) groups excluding carboxylic acids is 1. The van der Waals surface area contributed by atoms with Crippen molar-refractivity contribution < 1.29 is 17.9 Å². The normalized spacial score (nSPS) is 11.0. The Hall–Kier alpha value is -2.06. The Morgan fingerprint density at radius 1 is 1.16 bits per heavy atom. The number of nitrogens with one attached hydrogen (secondary N) is 1. The molecule has 0 heterocycles. The summed E-state index contributed by atoms with van der Waals surface area (Å²) in [4.78, 5) is 11.9. The number of para-hydroxylation sites is 1. The maximum Gasteiger partial charge on any atom is 0.262 e. The molecule has 0 aromatic heterocycles. The van der Waals surface area contributed by atoms with Gasteiger partial charge in [0, 0.05) is 11.0 Å². The average Bonchev–Trinajstić information content (AvgIpc) is 2.56. The van der Waals surface area contributed by atoms with Gasteiger partial charge in [-0.25, -0.2) is 8.42 Å². The lowest BCUT2D eigenvalue weighted by Gasteiger charge is -2.20. The largest absolute Gasteiger partial charge is 0.484 e. The van der Waals surface area contributed by atoms with Crippen LogP contribution in [0.15, 0.2) is 53.0 Å². The highest BCUT2D eigenvalue weighted by molar-refractivity contribution is 9.10. The van der Waals surface area contributed by atoms with Gasteiger partial charge in [-0.3, -0.25) is 9.10 Å². The molecule has 2 rings (SSSR count). The summed E-state index contributed by atoms with van der Waals surface area (Å²) < 4.78 is 30.9. The number of carbonyl (C=O) groups is 1. The second kappa shape index (κ2) is 8.35. The lowest BCUT2D eigenvalue weighted by atomic mass is 10.3. The number of anilines is 2. The van der Waals surface area contributed by atoms with Crippen LogP contribution in [0.2, 0.25) is 0 Å². The van der Waals surface area contributed by atoms with Crippen LogP contribution in [-0.2, 0) is 14.8 Å². The van der Waals surface area contributed by atoms with Crippen LogP contribution < -0.4 is 14.4 Å². The zero-order chi connectivity index (χ0) is 18.4. The van der Waals surface area contributed by atoms with Crippen LogP contribution in [0, 0.1) is 0 Å². The number of rotatable bonds is 7. The van der Waals surface area contributed by atoms with Crippen LogP contribution in [0.3, 0.4) is 0 Å². The first-order chi connectivity index (χ1) is 11.8. The van der Waals surface area contributed by atoms with Crippen molar-refractivity contribution in [3.8, 4) is 5.75 Å². The maximum absolute atomic E-state index is 11.9. The number of hydrogen-bond acceptors (Lipinski definition) is 4. The van der Waals surface area contributed by atoms with Crippen LogP contribution in [0.4, 0.5) is 11.4 Å². The standard InChI is InChI=1S/C17H19BrN2O4S/c1-3-20(25(2,22)23)13-8-10-14(11-9-13)24-12-17(21)19-16-7-5-4-6-15(16)18/h4-11H,3,12H2,1-2H3,(H,19,21). The van der Waals surface area contributed by atoms with Gasteiger partial charge in [0.1, 0.15) is 5.75 Å². The van der Waals surface area contributed by atoms with Gasteiger partial charge in [-0.15, -0.1) is 0 Å². The average molecular weight is 427 g/mol. The Morgan fingerprint density at radius 2 is 1.80 bits per heavy atom. The van der Waals surface area contributed by atoms with Gasteiger partial charge in [-0.05, 0) is 59.3 Å². The molecule has 2 aromatic carbocycles. The molecule has 0 unspecified atom stereocenters. The van der Waals surface area contributed by atoms with Gasteiger partial charge in [-0.2, -0.15) is 0 Å². The summed E-state index contributed by atoms with van der Waals surface area (Å²) >= 11 is 3.36. The molecule has 6 nitrogen and oxygen atoms in total. The summed E-state index contributed by atoms with van der Waals surface area (Å²) in [6.07, 6.45) is 1.16. The molecule has 1 N–H and O–H groups in total. The molecule has 0 aliphatic heterocycles. The minimum absolute atomic E-state index is 0.149. The zero-order valence-corrected chi connectivity index (χ0v) is 16.3. The number of amides is 1. The first-order valence-electron chi connectivity index (χ1n) is 7.56. The van der Waals surface area contributed by atoms with Gasteiger partial charge < -0.3 is 10.1 Å². The summed E-state index contributed by atoms with van der Waals surface area (Å²) in [5.41, 5.74) is 1.22. The van der Waals surface area contributed by atoms with Crippen LogP contribution in [0.25, 0.3) is 0 Å². The molecule has 0 saturated heterocycles. The second-order valence-corrected chi connectivity index (χ2v) is 8.00. The molecule has 0 radical (unpaired) electrons. The fraction of sp³-hybridized carbons (Fsp3) is 0.235. The fourth-order valence-electron chi connectivity index (χ4n) is 2.21. The van der Waals surface area contributed by atoms with Crippen LogP contribution >= 0.6 is 15.9 Å². The first kappa shape index (κ1) is 19.3.